The highest BCUT2D eigenvalue weighted by Gasteiger charge is 2.21. The molecule has 2 N–H and O–H groups in total. The third-order valence-electron chi connectivity index (χ3n) is 3.00. The Morgan fingerprint density at radius 2 is 2.27 bits per heavy atom. The molecule has 2 aromatic heterocycles. The van der Waals surface area contributed by atoms with Gasteiger partial charge in [-0.3, -0.25) is 9.36 Å². The summed E-state index contributed by atoms with van der Waals surface area (Å²) in [5.41, 5.74) is 0.646. The number of nitrogens with one attached hydrogen (secondary N) is 2. The Labute approximate surface area is 140 Å². The molecule has 3 rings (SSSR count). The highest BCUT2D eigenvalue weighted by Crippen LogP contribution is 2.10. The molecule has 0 saturated carbocycles. The number of rotatable bonds is 3. The van der Waals surface area contributed by atoms with Gasteiger partial charge in [0.1, 0.15) is 18.2 Å². The lowest BCUT2D eigenvalue weighted by atomic mass is 10.3. The predicted molar refractivity (Wildman–Crippen MR) is 87.1 cm³/mol. The Morgan fingerprint density at radius 3 is 2.86 bits per heavy atom. The Morgan fingerprint density at radius 1 is 1.41 bits per heavy atom. The number of ether oxygens (including phenoxy) is 1. The molecule has 120 valence electrons. The summed E-state index contributed by atoms with van der Waals surface area (Å²) in [6.07, 6.45) is 6.33. The topological polar surface area (TPSA) is 81.1 Å². The Bertz CT molecular complexity index is 571. The first-order chi connectivity index (χ1) is 9.83. The van der Waals surface area contributed by atoms with Gasteiger partial charge in [-0.05, 0) is 12.1 Å². The van der Waals surface area contributed by atoms with E-state index in [0.717, 1.165) is 12.4 Å². The van der Waals surface area contributed by atoms with E-state index in [1.54, 1.807) is 29.4 Å². The smallest absolute Gasteiger partial charge is 0.254 e. The number of morpholine rings is 1. The fourth-order valence-electron chi connectivity index (χ4n) is 1.96. The van der Waals surface area contributed by atoms with Crippen molar-refractivity contribution in [2.24, 2.45) is 0 Å². The molecule has 1 fully saturated rings. The van der Waals surface area contributed by atoms with Crippen LogP contribution in [0.5, 0.6) is 0 Å². The first-order valence-corrected chi connectivity index (χ1v) is 6.40. The van der Waals surface area contributed by atoms with Crippen molar-refractivity contribution in [2.45, 2.75) is 6.10 Å². The lowest BCUT2D eigenvalue weighted by molar-refractivity contribution is -0.128. The minimum atomic E-state index is -0.447. The molecular formula is C13H17Cl2N5O2. The van der Waals surface area contributed by atoms with Crippen molar-refractivity contribution in [3.8, 4) is 5.82 Å². The van der Waals surface area contributed by atoms with Gasteiger partial charge in [0, 0.05) is 25.5 Å². The SMILES string of the molecule is Cl.Cl.O=C(Nc1ccc(-n2ccnc2)nc1)C1CNCCO1. The zero-order chi connectivity index (χ0) is 13.8. The number of imidazole rings is 1. The van der Waals surface area contributed by atoms with Crippen molar-refractivity contribution in [1.29, 1.82) is 0 Å². The number of pyridine rings is 1. The fraction of sp³-hybridized carbons (Fsp3) is 0.308. The molecule has 7 nitrogen and oxygen atoms in total. The average molecular weight is 346 g/mol. The van der Waals surface area contributed by atoms with E-state index in [2.05, 4.69) is 20.6 Å². The lowest BCUT2D eigenvalue weighted by Crippen LogP contribution is -2.45. The second kappa shape index (κ2) is 8.70. The number of halogens is 2. The Balaban J connectivity index is 0.00000121. The summed E-state index contributed by atoms with van der Waals surface area (Å²) in [4.78, 5) is 20.2. The molecule has 1 atom stereocenters. The number of carbonyl (C=O) groups is 1. The van der Waals surface area contributed by atoms with E-state index >= 15 is 0 Å². The molecule has 1 aliphatic heterocycles. The molecular weight excluding hydrogens is 329 g/mol. The van der Waals surface area contributed by atoms with Gasteiger partial charge < -0.3 is 15.4 Å². The number of aromatic nitrogens is 3. The van der Waals surface area contributed by atoms with Crippen molar-refractivity contribution in [3.05, 3.63) is 37.1 Å². The zero-order valence-corrected chi connectivity index (χ0v) is 13.3. The monoisotopic (exact) mass is 345 g/mol. The number of amides is 1. The maximum Gasteiger partial charge on any atom is 0.254 e. The second-order valence-corrected chi connectivity index (χ2v) is 4.43. The van der Waals surface area contributed by atoms with E-state index in [-0.39, 0.29) is 30.7 Å². The Hall–Kier alpha value is -1.67. The number of hydrogen-bond acceptors (Lipinski definition) is 5. The number of nitrogens with zero attached hydrogens (tertiary/aromatic N) is 3. The quantitative estimate of drug-likeness (QED) is 0.868. The predicted octanol–water partition coefficient (Wildman–Crippen LogP) is 1.04. The summed E-state index contributed by atoms with van der Waals surface area (Å²) in [5, 5.41) is 5.91. The van der Waals surface area contributed by atoms with Crippen LogP contribution in [0, 0.1) is 0 Å². The molecule has 1 aliphatic rings. The van der Waals surface area contributed by atoms with Crippen LogP contribution in [-0.2, 0) is 9.53 Å². The van der Waals surface area contributed by atoms with Crippen LogP contribution in [0.25, 0.3) is 5.82 Å². The van der Waals surface area contributed by atoms with Crippen LogP contribution in [0.1, 0.15) is 0 Å². The van der Waals surface area contributed by atoms with Crippen LogP contribution < -0.4 is 10.6 Å². The highest BCUT2D eigenvalue weighted by atomic mass is 35.5. The number of anilines is 1. The van der Waals surface area contributed by atoms with Crippen LogP contribution in [0.15, 0.2) is 37.1 Å². The third kappa shape index (κ3) is 4.41. The second-order valence-electron chi connectivity index (χ2n) is 4.43. The standard InChI is InChI=1S/C13H15N5O2.2ClH/c19-13(11-8-14-4-6-20-11)17-10-1-2-12(16-7-10)18-5-3-15-9-18;;/h1-3,5,7,9,11,14H,4,6,8H2,(H,17,19);2*1H. The summed E-state index contributed by atoms with van der Waals surface area (Å²) in [6, 6.07) is 3.62. The molecule has 0 aromatic carbocycles. The molecule has 1 amide bonds. The summed E-state index contributed by atoms with van der Waals surface area (Å²) >= 11 is 0. The van der Waals surface area contributed by atoms with E-state index in [9.17, 15) is 4.79 Å². The van der Waals surface area contributed by atoms with Gasteiger partial charge in [0.2, 0.25) is 0 Å². The van der Waals surface area contributed by atoms with Crippen molar-refractivity contribution in [2.75, 3.05) is 25.0 Å². The van der Waals surface area contributed by atoms with Gasteiger partial charge >= 0.3 is 0 Å². The van der Waals surface area contributed by atoms with Crippen molar-refractivity contribution >= 4 is 36.4 Å². The molecule has 1 saturated heterocycles. The normalized spacial score (nSPS) is 17.0. The van der Waals surface area contributed by atoms with Crippen molar-refractivity contribution in [3.63, 3.8) is 0 Å². The van der Waals surface area contributed by atoms with Gasteiger partial charge in [0.05, 0.1) is 18.5 Å². The molecule has 2 aromatic rings. The molecule has 3 heterocycles. The maximum absolute atomic E-state index is 12.0. The Kier molecular flexibility index (Phi) is 7.26. The first-order valence-electron chi connectivity index (χ1n) is 6.40. The van der Waals surface area contributed by atoms with Crippen LogP contribution in [-0.4, -0.2) is 46.2 Å². The zero-order valence-electron chi connectivity index (χ0n) is 11.6. The first kappa shape index (κ1) is 18.4. The molecule has 0 spiro atoms. The fourth-order valence-corrected chi connectivity index (χ4v) is 1.96. The molecule has 9 heteroatoms. The van der Waals surface area contributed by atoms with Crippen LogP contribution in [0.3, 0.4) is 0 Å². The summed E-state index contributed by atoms with van der Waals surface area (Å²) < 4.78 is 7.18. The number of hydrogen-bond donors (Lipinski definition) is 2. The highest BCUT2D eigenvalue weighted by molar-refractivity contribution is 5.94. The van der Waals surface area contributed by atoms with Crippen LogP contribution in [0.2, 0.25) is 0 Å². The summed E-state index contributed by atoms with van der Waals surface area (Å²) in [5.74, 6) is 0.588. The van der Waals surface area contributed by atoms with Crippen molar-refractivity contribution < 1.29 is 9.53 Å². The van der Waals surface area contributed by atoms with E-state index in [1.807, 2.05) is 12.3 Å². The third-order valence-corrected chi connectivity index (χ3v) is 3.00. The maximum atomic E-state index is 12.0. The van der Waals surface area contributed by atoms with Gasteiger partial charge in [-0.15, -0.1) is 24.8 Å². The molecule has 22 heavy (non-hydrogen) atoms. The van der Waals surface area contributed by atoms with Gasteiger partial charge in [-0.1, -0.05) is 0 Å². The van der Waals surface area contributed by atoms with Gasteiger partial charge in [0.25, 0.3) is 5.91 Å². The van der Waals surface area contributed by atoms with Crippen molar-refractivity contribution in [1.82, 2.24) is 19.9 Å². The summed E-state index contributed by atoms with van der Waals surface area (Å²) in [7, 11) is 0. The largest absolute Gasteiger partial charge is 0.366 e. The lowest BCUT2D eigenvalue weighted by Gasteiger charge is -2.22. The minimum Gasteiger partial charge on any atom is -0.366 e. The number of carbonyl (C=O) groups excluding carboxylic acids is 1. The molecule has 0 radical (unpaired) electrons. The van der Waals surface area contributed by atoms with Gasteiger partial charge in [-0.2, -0.15) is 0 Å². The molecule has 0 aliphatic carbocycles. The molecule has 1 unspecified atom stereocenters. The van der Waals surface area contributed by atoms with Crippen LogP contribution >= 0.6 is 24.8 Å². The van der Waals surface area contributed by atoms with Crippen LogP contribution in [0.4, 0.5) is 5.69 Å². The van der Waals surface area contributed by atoms with E-state index in [1.165, 1.54) is 0 Å². The minimum absolute atomic E-state index is 0. The molecule has 0 bridgehead atoms. The summed E-state index contributed by atoms with van der Waals surface area (Å²) in [6.45, 7) is 1.87. The van der Waals surface area contributed by atoms with E-state index < -0.39 is 6.10 Å². The van der Waals surface area contributed by atoms with Gasteiger partial charge in [0.15, 0.2) is 0 Å². The van der Waals surface area contributed by atoms with E-state index in [4.69, 9.17) is 4.74 Å². The average Bonchev–Trinajstić information content (AvgIpc) is 3.03. The van der Waals surface area contributed by atoms with Gasteiger partial charge in [-0.25, -0.2) is 9.97 Å². The van der Waals surface area contributed by atoms with E-state index in [0.29, 0.717) is 18.8 Å².